The molecule has 0 fully saturated rings. The second-order valence-electron chi connectivity index (χ2n) is 6.14. The van der Waals surface area contributed by atoms with Crippen molar-refractivity contribution in [3.8, 4) is 29.4 Å². The van der Waals surface area contributed by atoms with Crippen molar-refractivity contribution in [3.63, 3.8) is 0 Å². The van der Waals surface area contributed by atoms with Crippen LogP contribution in [0.5, 0.6) is 5.75 Å². The minimum atomic E-state index is 0.251. The maximum atomic E-state index is 9.34. The van der Waals surface area contributed by atoms with Gasteiger partial charge >= 0.3 is 0 Å². The molecular weight excluding hydrogens is 316 g/mol. The molecule has 3 aromatic carbocycles. The Morgan fingerprint density at radius 3 is 1.88 bits per heavy atom. The second kappa shape index (κ2) is 8.11. The van der Waals surface area contributed by atoms with Crippen LogP contribution in [0, 0.1) is 30.6 Å². The first-order valence-corrected chi connectivity index (χ1v) is 8.67. The Balaban J connectivity index is 1.84. The first kappa shape index (κ1) is 17.4. The van der Waals surface area contributed by atoms with Crippen LogP contribution >= 0.6 is 0 Å². The molecule has 0 aliphatic heterocycles. The van der Waals surface area contributed by atoms with Crippen LogP contribution in [0.25, 0.3) is 0 Å². The zero-order valence-electron chi connectivity index (χ0n) is 15.0. The standard InChI is InChI=1S/C25H20O/c1-3-23-18-22(9-8-20-6-4-19(2)5-7-20)11-15-24(23)14-10-21-12-16-25(26)17-13-21/h4-7,11-13,15-18,26H,3H2,1-2H3. The molecule has 1 heteroatoms. The van der Waals surface area contributed by atoms with Crippen molar-refractivity contribution in [1.82, 2.24) is 0 Å². The van der Waals surface area contributed by atoms with E-state index in [0.29, 0.717) is 0 Å². The average molecular weight is 336 g/mol. The molecule has 0 aliphatic rings. The third-order valence-electron chi connectivity index (χ3n) is 4.10. The molecular formula is C25H20O. The summed E-state index contributed by atoms with van der Waals surface area (Å²) in [7, 11) is 0. The van der Waals surface area contributed by atoms with Gasteiger partial charge in [0.1, 0.15) is 5.75 Å². The molecule has 1 nitrogen and oxygen atoms in total. The summed E-state index contributed by atoms with van der Waals surface area (Å²) in [5.41, 5.74) is 6.34. The lowest BCUT2D eigenvalue weighted by Gasteiger charge is -2.02. The van der Waals surface area contributed by atoms with Crippen LogP contribution < -0.4 is 0 Å². The van der Waals surface area contributed by atoms with Crippen molar-refractivity contribution in [2.75, 3.05) is 0 Å². The molecule has 0 amide bonds. The largest absolute Gasteiger partial charge is 0.508 e. The number of aromatic hydroxyl groups is 1. The molecule has 0 saturated heterocycles. The van der Waals surface area contributed by atoms with Gasteiger partial charge in [-0.3, -0.25) is 0 Å². The molecule has 0 saturated carbocycles. The van der Waals surface area contributed by atoms with Gasteiger partial charge in [0.25, 0.3) is 0 Å². The van der Waals surface area contributed by atoms with Gasteiger partial charge in [-0.2, -0.15) is 0 Å². The fraction of sp³-hybridized carbons (Fsp3) is 0.120. The van der Waals surface area contributed by atoms with Crippen LogP contribution in [0.2, 0.25) is 0 Å². The zero-order valence-corrected chi connectivity index (χ0v) is 15.0. The lowest BCUT2D eigenvalue weighted by molar-refractivity contribution is 0.475. The van der Waals surface area contributed by atoms with Crippen LogP contribution in [0.1, 0.15) is 40.3 Å². The minimum Gasteiger partial charge on any atom is -0.508 e. The highest BCUT2D eigenvalue weighted by atomic mass is 16.3. The first-order chi connectivity index (χ1) is 12.6. The van der Waals surface area contributed by atoms with Crippen molar-refractivity contribution < 1.29 is 5.11 Å². The highest BCUT2D eigenvalue weighted by molar-refractivity contribution is 5.52. The predicted octanol–water partition coefficient (Wildman–Crippen LogP) is 5.06. The summed E-state index contributed by atoms with van der Waals surface area (Å²) >= 11 is 0. The normalized spacial score (nSPS) is 9.62. The Hall–Kier alpha value is -3.42. The van der Waals surface area contributed by atoms with E-state index in [1.165, 1.54) is 11.1 Å². The van der Waals surface area contributed by atoms with Gasteiger partial charge in [-0.15, -0.1) is 0 Å². The van der Waals surface area contributed by atoms with E-state index < -0.39 is 0 Å². The predicted molar refractivity (Wildman–Crippen MR) is 107 cm³/mol. The van der Waals surface area contributed by atoms with Crippen LogP contribution in [0.4, 0.5) is 0 Å². The Labute approximate surface area is 155 Å². The molecule has 126 valence electrons. The molecule has 0 heterocycles. The fourth-order valence-electron chi connectivity index (χ4n) is 2.55. The Morgan fingerprint density at radius 1 is 0.692 bits per heavy atom. The molecule has 1 N–H and O–H groups in total. The molecule has 0 aliphatic carbocycles. The molecule has 3 aromatic rings. The minimum absolute atomic E-state index is 0.251. The van der Waals surface area contributed by atoms with Crippen molar-refractivity contribution in [2.45, 2.75) is 20.3 Å². The Bertz CT molecular complexity index is 1020. The maximum Gasteiger partial charge on any atom is 0.115 e. The van der Waals surface area contributed by atoms with E-state index in [0.717, 1.165) is 28.7 Å². The topological polar surface area (TPSA) is 20.2 Å². The van der Waals surface area contributed by atoms with Gasteiger partial charge in [-0.05, 0) is 73.5 Å². The van der Waals surface area contributed by atoms with Crippen LogP contribution in [0.3, 0.4) is 0 Å². The van der Waals surface area contributed by atoms with Gasteiger partial charge in [0.05, 0.1) is 0 Å². The van der Waals surface area contributed by atoms with Gasteiger partial charge in [-0.25, -0.2) is 0 Å². The molecule has 0 radical (unpaired) electrons. The quantitative estimate of drug-likeness (QED) is 0.616. The molecule has 0 bridgehead atoms. The lowest BCUT2D eigenvalue weighted by atomic mass is 10.0. The third kappa shape index (κ3) is 4.56. The van der Waals surface area contributed by atoms with E-state index in [2.05, 4.69) is 55.7 Å². The van der Waals surface area contributed by atoms with E-state index >= 15 is 0 Å². The molecule has 0 unspecified atom stereocenters. The summed E-state index contributed by atoms with van der Waals surface area (Å²) in [6.45, 7) is 4.20. The SMILES string of the molecule is CCc1cc(C#Cc2ccc(C)cc2)ccc1C#Cc1ccc(O)cc1. The maximum absolute atomic E-state index is 9.34. The smallest absolute Gasteiger partial charge is 0.115 e. The number of hydrogen-bond donors (Lipinski definition) is 1. The lowest BCUT2D eigenvalue weighted by Crippen LogP contribution is -1.89. The summed E-state index contributed by atoms with van der Waals surface area (Å²) in [6.07, 6.45) is 0.902. The van der Waals surface area contributed by atoms with Gasteiger partial charge in [0.2, 0.25) is 0 Å². The number of phenols is 1. The van der Waals surface area contributed by atoms with Crippen molar-refractivity contribution in [2.24, 2.45) is 0 Å². The monoisotopic (exact) mass is 336 g/mol. The number of rotatable bonds is 1. The zero-order chi connectivity index (χ0) is 18.4. The Kier molecular flexibility index (Phi) is 5.43. The first-order valence-electron chi connectivity index (χ1n) is 8.67. The van der Waals surface area contributed by atoms with Gasteiger partial charge in [-0.1, -0.05) is 48.3 Å². The summed E-state index contributed by atoms with van der Waals surface area (Å²) in [5.74, 6) is 13.1. The van der Waals surface area contributed by atoms with Crippen molar-refractivity contribution in [1.29, 1.82) is 0 Å². The molecule has 3 rings (SSSR count). The van der Waals surface area contributed by atoms with E-state index in [-0.39, 0.29) is 5.75 Å². The average Bonchev–Trinajstić information content (AvgIpc) is 2.67. The van der Waals surface area contributed by atoms with E-state index in [4.69, 9.17) is 0 Å². The van der Waals surface area contributed by atoms with E-state index in [9.17, 15) is 5.11 Å². The summed E-state index contributed by atoms with van der Waals surface area (Å²) in [6, 6.07) is 21.3. The summed E-state index contributed by atoms with van der Waals surface area (Å²) in [4.78, 5) is 0. The number of benzene rings is 3. The van der Waals surface area contributed by atoms with Gasteiger partial charge in [0.15, 0.2) is 0 Å². The number of phenolic OH excluding ortho intramolecular Hbond substituents is 1. The molecule has 0 spiro atoms. The number of aryl methyl sites for hydroxylation is 2. The van der Waals surface area contributed by atoms with Crippen LogP contribution in [-0.2, 0) is 6.42 Å². The van der Waals surface area contributed by atoms with Crippen molar-refractivity contribution in [3.05, 3.63) is 100 Å². The van der Waals surface area contributed by atoms with E-state index in [1.807, 2.05) is 36.4 Å². The molecule has 0 aromatic heterocycles. The van der Waals surface area contributed by atoms with Gasteiger partial charge < -0.3 is 5.11 Å². The van der Waals surface area contributed by atoms with E-state index in [1.54, 1.807) is 12.1 Å². The highest BCUT2D eigenvalue weighted by Crippen LogP contribution is 2.13. The summed E-state index contributed by atoms with van der Waals surface area (Å²) < 4.78 is 0. The summed E-state index contributed by atoms with van der Waals surface area (Å²) in [5, 5.41) is 9.34. The Morgan fingerprint density at radius 2 is 1.23 bits per heavy atom. The molecule has 0 atom stereocenters. The highest BCUT2D eigenvalue weighted by Gasteiger charge is 1.99. The van der Waals surface area contributed by atoms with Crippen LogP contribution in [-0.4, -0.2) is 5.11 Å². The fourth-order valence-corrected chi connectivity index (χ4v) is 2.55. The molecule has 26 heavy (non-hydrogen) atoms. The van der Waals surface area contributed by atoms with Crippen LogP contribution in [0.15, 0.2) is 66.7 Å². The van der Waals surface area contributed by atoms with Crippen molar-refractivity contribution >= 4 is 0 Å². The van der Waals surface area contributed by atoms with Gasteiger partial charge in [0, 0.05) is 22.3 Å². The second-order valence-corrected chi connectivity index (χ2v) is 6.14. The third-order valence-corrected chi connectivity index (χ3v) is 4.10. The number of hydrogen-bond acceptors (Lipinski definition) is 1.